The molecule has 2 rings (SSSR count). The third kappa shape index (κ3) is 8.85. The maximum absolute atomic E-state index is 11.8. The molecular weight excluding hydrogens is 330 g/mol. The molecular formula is C19H37N5O2. The van der Waals surface area contributed by atoms with Gasteiger partial charge in [0.2, 0.25) is 5.91 Å². The van der Waals surface area contributed by atoms with Gasteiger partial charge in [0.05, 0.1) is 0 Å². The van der Waals surface area contributed by atoms with Crippen molar-refractivity contribution in [2.45, 2.75) is 57.4 Å². The summed E-state index contributed by atoms with van der Waals surface area (Å²) in [4.78, 5) is 28.5. The lowest BCUT2D eigenvalue weighted by atomic mass is 9.96. The molecule has 0 spiro atoms. The Morgan fingerprint density at radius 1 is 0.923 bits per heavy atom. The Bertz CT molecular complexity index is 418. The predicted octanol–water partition coefficient (Wildman–Crippen LogP) is 1.15. The highest BCUT2D eigenvalue weighted by Crippen LogP contribution is 2.17. The molecule has 1 saturated heterocycles. The maximum atomic E-state index is 11.8. The smallest absolute Gasteiger partial charge is 0.315 e. The number of carbonyl (C=O) groups excluding carboxylic acids is 2. The summed E-state index contributed by atoms with van der Waals surface area (Å²) < 4.78 is 0. The van der Waals surface area contributed by atoms with Crippen LogP contribution in [0.15, 0.2) is 0 Å². The van der Waals surface area contributed by atoms with E-state index in [4.69, 9.17) is 0 Å². The van der Waals surface area contributed by atoms with Crippen molar-refractivity contribution in [3.05, 3.63) is 0 Å². The highest BCUT2D eigenvalue weighted by molar-refractivity contribution is 5.76. The van der Waals surface area contributed by atoms with Crippen LogP contribution in [0.1, 0.15) is 51.4 Å². The van der Waals surface area contributed by atoms with E-state index >= 15 is 0 Å². The topological polar surface area (TPSA) is 76.7 Å². The molecule has 7 nitrogen and oxygen atoms in total. The minimum absolute atomic E-state index is 0.0814. The van der Waals surface area contributed by atoms with Crippen molar-refractivity contribution in [2.24, 2.45) is 0 Å². The van der Waals surface area contributed by atoms with E-state index in [1.54, 1.807) is 0 Å². The maximum Gasteiger partial charge on any atom is 0.315 e. The summed E-state index contributed by atoms with van der Waals surface area (Å²) in [7, 11) is 2.16. The summed E-state index contributed by atoms with van der Waals surface area (Å²) in [5, 5.41) is 8.86. The zero-order valence-electron chi connectivity index (χ0n) is 16.4. The molecule has 0 aromatic carbocycles. The Hall–Kier alpha value is -1.34. The van der Waals surface area contributed by atoms with Crippen LogP contribution in [0.4, 0.5) is 4.79 Å². The van der Waals surface area contributed by atoms with E-state index in [0.717, 1.165) is 58.5 Å². The molecule has 26 heavy (non-hydrogen) atoms. The third-order valence-corrected chi connectivity index (χ3v) is 5.38. The van der Waals surface area contributed by atoms with Crippen LogP contribution in [-0.4, -0.2) is 80.6 Å². The van der Waals surface area contributed by atoms with Crippen molar-refractivity contribution in [2.75, 3.05) is 52.9 Å². The number of piperazine rings is 1. The fourth-order valence-electron chi connectivity index (χ4n) is 3.62. The normalized spacial score (nSPS) is 19.9. The van der Waals surface area contributed by atoms with Gasteiger partial charge in [-0.3, -0.25) is 4.79 Å². The van der Waals surface area contributed by atoms with Gasteiger partial charge in [0, 0.05) is 51.7 Å². The molecule has 0 atom stereocenters. The predicted molar refractivity (Wildman–Crippen MR) is 104 cm³/mol. The van der Waals surface area contributed by atoms with Crippen molar-refractivity contribution in [1.29, 1.82) is 0 Å². The minimum Gasteiger partial charge on any atom is -0.356 e. The number of nitrogens with one attached hydrogen (secondary N) is 3. The van der Waals surface area contributed by atoms with Gasteiger partial charge in [-0.25, -0.2) is 4.79 Å². The van der Waals surface area contributed by atoms with Crippen LogP contribution in [0.25, 0.3) is 0 Å². The molecule has 1 heterocycles. The second kappa shape index (κ2) is 12.1. The third-order valence-electron chi connectivity index (χ3n) is 5.38. The highest BCUT2D eigenvalue weighted by Gasteiger charge is 2.15. The average Bonchev–Trinajstić information content (AvgIpc) is 2.65. The van der Waals surface area contributed by atoms with Crippen molar-refractivity contribution in [1.82, 2.24) is 25.8 Å². The number of rotatable bonds is 9. The monoisotopic (exact) mass is 367 g/mol. The van der Waals surface area contributed by atoms with E-state index in [-0.39, 0.29) is 11.9 Å². The quantitative estimate of drug-likeness (QED) is 0.535. The Morgan fingerprint density at radius 3 is 2.35 bits per heavy atom. The van der Waals surface area contributed by atoms with Gasteiger partial charge < -0.3 is 25.8 Å². The number of hydrogen-bond acceptors (Lipinski definition) is 4. The van der Waals surface area contributed by atoms with Gasteiger partial charge >= 0.3 is 6.03 Å². The molecule has 0 radical (unpaired) electrons. The summed E-state index contributed by atoms with van der Waals surface area (Å²) in [5.74, 6) is 0.0814. The van der Waals surface area contributed by atoms with Crippen LogP contribution >= 0.6 is 0 Å². The number of amides is 3. The first kappa shape index (κ1) is 21.0. The average molecular weight is 368 g/mol. The molecule has 3 N–H and O–H groups in total. The summed E-state index contributed by atoms with van der Waals surface area (Å²) in [6.07, 6.45) is 8.02. The second-order valence-corrected chi connectivity index (χ2v) is 7.69. The number of likely N-dealkylation sites (N-methyl/N-ethyl adjacent to an activating group) is 1. The van der Waals surface area contributed by atoms with Crippen LogP contribution in [0, 0.1) is 0 Å². The molecule has 0 aromatic heterocycles. The second-order valence-electron chi connectivity index (χ2n) is 7.69. The Labute approximate surface area is 158 Å². The zero-order chi connectivity index (χ0) is 18.6. The summed E-state index contributed by atoms with van der Waals surface area (Å²) in [6.45, 7) is 6.85. The van der Waals surface area contributed by atoms with E-state index in [1.807, 2.05) is 0 Å². The van der Waals surface area contributed by atoms with E-state index in [9.17, 15) is 9.59 Å². The van der Waals surface area contributed by atoms with Crippen molar-refractivity contribution >= 4 is 11.9 Å². The molecule has 1 aliphatic heterocycles. The zero-order valence-corrected chi connectivity index (χ0v) is 16.4. The largest absolute Gasteiger partial charge is 0.356 e. The van der Waals surface area contributed by atoms with E-state index in [1.165, 1.54) is 19.3 Å². The standard InChI is InChI=1S/C19H37N5O2/c1-23-13-15-24(16-14-23)12-6-11-20-18(25)9-5-10-21-19(26)22-17-7-3-2-4-8-17/h17H,2-16H2,1H3,(H,20,25)(H2,21,22,26). The molecule has 1 saturated carbocycles. The Balaban J connectivity index is 1.40. The number of hydrogen-bond donors (Lipinski definition) is 3. The first-order chi connectivity index (χ1) is 12.6. The minimum atomic E-state index is -0.0931. The number of carbonyl (C=O) groups is 2. The lowest BCUT2D eigenvalue weighted by Crippen LogP contribution is -2.45. The number of nitrogens with zero attached hydrogens (tertiary/aromatic N) is 2. The SMILES string of the molecule is CN1CCN(CCCNC(=O)CCCNC(=O)NC2CCCCC2)CC1. The molecule has 0 bridgehead atoms. The van der Waals surface area contributed by atoms with Crippen LogP contribution in [-0.2, 0) is 4.79 Å². The summed E-state index contributed by atoms with van der Waals surface area (Å²) in [6, 6.07) is 0.233. The summed E-state index contributed by atoms with van der Waals surface area (Å²) in [5.41, 5.74) is 0. The van der Waals surface area contributed by atoms with Crippen LogP contribution in [0.5, 0.6) is 0 Å². The van der Waals surface area contributed by atoms with Crippen LogP contribution < -0.4 is 16.0 Å². The molecule has 150 valence electrons. The van der Waals surface area contributed by atoms with Gasteiger partial charge in [-0.2, -0.15) is 0 Å². The van der Waals surface area contributed by atoms with Crippen LogP contribution in [0.2, 0.25) is 0 Å². The van der Waals surface area contributed by atoms with Crippen molar-refractivity contribution in [3.8, 4) is 0 Å². The molecule has 3 amide bonds. The van der Waals surface area contributed by atoms with Gasteiger partial charge in [0.15, 0.2) is 0 Å². The molecule has 0 unspecified atom stereocenters. The van der Waals surface area contributed by atoms with E-state index in [0.29, 0.717) is 25.4 Å². The van der Waals surface area contributed by atoms with Crippen LogP contribution in [0.3, 0.4) is 0 Å². The van der Waals surface area contributed by atoms with Gasteiger partial charge in [0.1, 0.15) is 0 Å². The van der Waals surface area contributed by atoms with Crippen molar-refractivity contribution < 1.29 is 9.59 Å². The molecule has 2 fully saturated rings. The van der Waals surface area contributed by atoms with Gasteiger partial charge in [-0.1, -0.05) is 19.3 Å². The van der Waals surface area contributed by atoms with E-state index < -0.39 is 0 Å². The Kier molecular flexibility index (Phi) is 9.77. The molecule has 1 aliphatic carbocycles. The first-order valence-electron chi connectivity index (χ1n) is 10.4. The van der Waals surface area contributed by atoms with Gasteiger partial charge in [-0.15, -0.1) is 0 Å². The fraction of sp³-hybridized carbons (Fsp3) is 0.895. The highest BCUT2D eigenvalue weighted by atomic mass is 16.2. The lowest BCUT2D eigenvalue weighted by Gasteiger charge is -2.32. The van der Waals surface area contributed by atoms with Gasteiger partial charge in [0.25, 0.3) is 0 Å². The first-order valence-corrected chi connectivity index (χ1v) is 10.4. The summed E-state index contributed by atoms with van der Waals surface area (Å²) >= 11 is 0. The van der Waals surface area contributed by atoms with Crippen molar-refractivity contribution in [3.63, 3.8) is 0 Å². The Morgan fingerprint density at radius 2 is 1.62 bits per heavy atom. The molecule has 0 aromatic rings. The number of urea groups is 1. The van der Waals surface area contributed by atoms with Gasteiger partial charge in [-0.05, 0) is 39.3 Å². The molecule has 7 heteroatoms. The fourth-order valence-corrected chi connectivity index (χ4v) is 3.62. The van der Waals surface area contributed by atoms with E-state index in [2.05, 4.69) is 32.8 Å². The molecule has 2 aliphatic rings. The lowest BCUT2D eigenvalue weighted by molar-refractivity contribution is -0.121.